The topological polar surface area (TPSA) is 53.9 Å². The Labute approximate surface area is 129 Å². The van der Waals surface area contributed by atoms with E-state index < -0.39 is 0 Å². The van der Waals surface area contributed by atoms with Crippen molar-refractivity contribution < 1.29 is 9.53 Å². The van der Waals surface area contributed by atoms with Crippen LogP contribution in [0, 0.1) is 0 Å². The van der Waals surface area contributed by atoms with E-state index in [2.05, 4.69) is 15.4 Å². The molecule has 21 heavy (non-hydrogen) atoms. The highest BCUT2D eigenvalue weighted by molar-refractivity contribution is 7.99. The number of hydrogen-bond donors (Lipinski definition) is 1. The van der Waals surface area contributed by atoms with Gasteiger partial charge in [0.15, 0.2) is 0 Å². The number of carbonyl (C=O) groups is 1. The molecule has 1 aliphatic heterocycles. The quantitative estimate of drug-likeness (QED) is 0.640. The Hall–Kier alpha value is -1.53. The minimum absolute atomic E-state index is 0.0657. The molecule has 0 spiro atoms. The molecule has 2 rings (SSSR count). The first-order valence-electron chi connectivity index (χ1n) is 7.13. The summed E-state index contributed by atoms with van der Waals surface area (Å²) in [7, 11) is 0. The lowest BCUT2D eigenvalue weighted by atomic mass is 10.2. The maximum atomic E-state index is 11.7. The number of benzene rings is 1. The monoisotopic (exact) mass is 307 g/mol. The fourth-order valence-corrected chi connectivity index (χ4v) is 2.97. The molecule has 1 aliphatic rings. The molecule has 1 N–H and O–H groups in total. The zero-order valence-corrected chi connectivity index (χ0v) is 13.1. The second kappa shape index (κ2) is 8.69. The lowest BCUT2D eigenvalue weighted by molar-refractivity contribution is -0.122. The van der Waals surface area contributed by atoms with Crippen molar-refractivity contribution in [3.8, 4) is 5.75 Å². The minimum atomic E-state index is -0.0657. The first-order chi connectivity index (χ1) is 10.3. The van der Waals surface area contributed by atoms with Gasteiger partial charge in [-0.05, 0) is 36.8 Å². The Bertz CT molecular complexity index is 470. The third-order valence-electron chi connectivity index (χ3n) is 3.06. The summed E-state index contributed by atoms with van der Waals surface area (Å²) in [5.41, 5.74) is 3.49. The van der Waals surface area contributed by atoms with Gasteiger partial charge in [-0.1, -0.05) is 0 Å². The molecular weight excluding hydrogens is 286 g/mol. The van der Waals surface area contributed by atoms with Gasteiger partial charge in [0.1, 0.15) is 5.75 Å². The molecular formula is C15H21N3O2S. The third kappa shape index (κ3) is 5.77. The number of hydrogen-bond acceptors (Lipinski definition) is 5. The number of carbonyl (C=O) groups excluding carboxylic acids is 1. The number of hydrazone groups is 1. The van der Waals surface area contributed by atoms with Crippen molar-refractivity contribution in [2.75, 3.05) is 37.7 Å². The summed E-state index contributed by atoms with van der Waals surface area (Å²) in [6.45, 7) is 4.97. The number of ether oxygens (including phenoxy) is 1. The van der Waals surface area contributed by atoms with Crippen molar-refractivity contribution in [2.45, 2.75) is 6.92 Å². The molecule has 6 heteroatoms. The molecule has 1 heterocycles. The highest BCUT2D eigenvalue weighted by Crippen LogP contribution is 2.10. The van der Waals surface area contributed by atoms with Crippen LogP contribution in [-0.2, 0) is 4.79 Å². The minimum Gasteiger partial charge on any atom is -0.494 e. The summed E-state index contributed by atoms with van der Waals surface area (Å²) >= 11 is 1.93. The van der Waals surface area contributed by atoms with E-state index in [0.717, 1.165) is 35.9 Å². The number of nitrogens with zero attached hydrogens (tertiary/aromatic N) is 2. The van der Waals surface area contributed by atoms with E-state index in [1.54, 1.807) is 6.21 Å². The fraction of sp³-hybridized carbons (Fsp3) is 0.467. The fourth-order valence-electron chi connectivity index (χ4n) is 1.99. The van der Waals surface area contributed by atoms with E-state index >= 15 is 0 Å². The predicted molar refractivity (Wildman–Crippen MR) is 87.1 cm³/mol. The summed E-state index contributed by atoms with van der Waals surface area (Å²) in [6, 6.07) is 7.58. The Balaban J connectivity index is 1.74. The van der Waals surface area contributed by atoms with Gasteiger partial charge in [-0.25, -0.2) is 5.43 Å². The van der Waals surface area contributed by atoms with E-state index in [1.807, 2.05) is 43.0 Å². The maximum absolute atomic E-state index is 11.7. The van der Waals surface area contributed by atoms with Crippen LogP contribution in [0.1, 0.15) is 12.5 Å². The van der Waals surface area contributed by atoms with E-state index in [-0.39, 0.29) is 5.91 Å². The normalized spacial score (nSPS) is 16.0. The van der Waals surface area contributed by atoms with Crippen LogP contribution >= 0.6 is 11.8 Å². The molecule has 0 bridgehead atoms. The Morgan fingerprint density at radius 3 is 2.76 bits per heavy atom. The number of nitrogens with one attached hydrogen (secondary N) is 1. The zero-order chi connectivity index (χ0) is 14.9. The SMILES string of the molecule is CCOc1ccc(C=NNC(=O)CN2CCSCC2)cc1. The van der Waals surface area contributed by atoms with Gasteiger partial charge >= 0.3 is 0 Å². The van der Waals surface area contributed by atoms with E-state index in [9.17, 15) is 4.79 Å². The maximum Gasteiger partial charge on any atom is 0.254 e. The molecule has 0 aliphatic carbocycles. The second-order valence-corrected chi connectivity index (χ2v) is 5.91. The van der Waals surface area contributed by atoms with Crippen LogP contribution in [0.5, 0.6) is 5.75 Å². The molecule has 5 nitrogen and oxygen atoms in total. The molecule has 1 saturated heterocycles. The molecule has 1 fully saturated rings. The van der Waals surface area contributed by atoms with Gasteiger partial charge in [0.05, 0.1) is 19.4 Å². The summed E-state index contributed by atoms with van der Waals surface area (Å²) in [5.74, 6) is 2.97. The lowest BCUT2D eigenvalue weighted by Gasteiger charge is -2.24. The second-order valence-electron chi connectivity index (χ2n) is 4.68. The predicted octanol–water partition coefficient (Wildman–Crippen LogP) is 1.58. The Morgan fingerprint density at radius 1 is 1.38 bits per heavy atom. The van der Waals surface area contributed by atoms with Gasteiger partial charge in [0.2, 0.25) is 0 Å². The van der Waals surface area contributed by atoms with E-state index in [0.29, 0.717) is 13.2 Å². The zero-order valence-electron chi connectivity index (χ0n) is 12.2. The van der Waals surface area contributed by atoms with Gasteiger partial charge in [0, 0.05) is 24.6 Å². The Morgan fingerprint density at radius 2 is 2.10 bits per heavy atom. The van der Waals surface area contributed by atoms with Crippen LogP contribution in [0.4, 0.5) is 0 Å². The van der Waals surface area contributed by atoms with Crippen molar-refractivity contribution in [3.05, 3.63) is 29.8 Å². The van der Waals surface area contributed by atoms with Gasteiger partial charge in [-0.3, -0.25) is 9.69 Å². The van der Waals surface area contributed by atoms with Crippen LogP contribution in [0.25, 0.3) is 0 Å². The smallest absolute Gasteiger partial charge is 0.254 e. The van der Waals surface area contributed by atoms with Crippen LogP contribution < -0.4 is 10.2 Å². The van der Waals surface area contributed by atoms with E-state index in [1.165, 1.54) is 0 Å². The van der Waals surface area contributed by atoms with Crippen LogP contribution in [0.3, 0.4) is 0 Å². The average molecular weight is 307 g/mol. The highest BCUT2D eigenvalue weighted by atomic mass is 32.2. The standard InChI is InChI=1S/C15H21N3O2S/c1-2-20-14-5-3-13(4-6-14)11-16-17-15(19)12-18-7-9-21-10-8-18/h3-6,11H,2,7-10,12H2,1H3,(H,17,19). The number of rotatable bonds is 6. The summed E-state index contributed by atoms with van der Waals surface area (Å²) in [4.78, 5) is 13.9. The largest absolute Gasteiger partial charge is 0.494 e. The number of amides is 1. The van der Waals surface area contributed by atoms with Crippen molar-refractivity contribution in [2.24, 2.45) is 5.10 Å². The van der Waals surface area contributed by atoms with Gasteiger partial charge in [-0.2, -0.15) is 16.9 Å². The van der Waals surface area contributed by atoms with Crippen molar-refractivity contribution in [3.63, 3.8) is 0 Å². The lowest BCUT2D eigenvalue weighted by Crippen LogP contribution is -2.40. The molecule has 1 amide bonds. The first-order valence-corrected chi connectivity index (χ1v) is 8.28. The molecule has 1 aromatic carbocycles. The molecule has 1 aromatic rings. The van der Waals surface area contributed by atoms with Crippen LogP contribution in [-0.4, -0.2) is 54.8 Å². The summed E-state index contributed by atoms with van der Waals surface area (Å²) < 4.78 is 5.37. The molecule has 0 unspecified atom stereocenters. The van der Waals surface area contributed by atoms with Crippen LogP contribution in [0.15, 0.2) is 29.4 Å². The molecule has 0 atom stereocenters. The van der Waals surface area contributed by atoms with Crippen molar-refractivity contribution >= 4 is 23.9 Å². The van der Waals surface area contributed by atoms with Gasteiger partial charge in [-0.15, -0.1) is 0 Å². The Kier molecular flexibility index (Phi) is 6.56. The first kappa shape index (κ1) is 15.9. The van der Waals surface area contributed by atoms with Gasteiger partial charge < -0.3 is 4.74 Å². The van der Waals surface area contributed by atoms with E-state index in [4.69, 9.17) is 4.74 Å². The van der Waals surface area contributed by atoms with Gasteiger partial charge in [0.25, 0.3) is 5.91 Å². The average Bonchev–Trinajstić information content (AvgIpc) is 2.50. The van der Waals surface area contributed by atoms with Crippen molar-refractivity contribution in [1.82, 2.24) is 10.3 Å². The van der Waals surface area contributed by atoms with Crippen molar-refractivity contribution in [1.29, 1.82) is 0 Å². The highest BCUT2D eigenvalue weighted by Gasteiger charge is 2.13. The third-order valence-corrected chi connectivity index (χ3v) is 4.01. The molecule has 114 valence electrons. The molecule has 0 saturated carbocycles. The number of thioether (sulfide) groups is 1. The summed E-state index contributed by atoms with van der Waals surface area (Å²) in [5, 5.41) is 3.99. The summed E-state index contributed by atoms with van der Waals surface area (Å²) in [6.07, 6.45) is 1.64. The van der Waals surface area contributed by atoms with Crippen LogP contribution in [0.2, 0.25) is 0 Å². The molecule has 0 aromatic heterocycles. The molecule has 0 radical (unpaired) electrons.